The van der Waals surface area contributed by atoms with Crippen LogP contribution in [0.2, 0.25) is 0 Å². The first-order valence-corrected chi connectivity index (χ1v) is 8.48. The van der Waals surface area contributed by atoms with Crippen LogP contribution in [0, 0.1) is 0 Å². The summed E-state index contributed by atoms with van der Waals surface area (Å²) in [6.45, 7) is 3.13. The third-order valence-electron chi connectivity index (χ3n) is 4.46. The molecule has 130 valence electrons. The summed E-state index contributed by atoms with van der Waals surface area (Å²) >= 11 is 0. The van der Waals surface area contributed by atoms with Gasteiger partial charge in [0, 0.05) is 26.3 Å². The molecule has 1 aliphatic heterocycles. The molecule has 0 radical (unpaired) electrons. The molecule has 0 bridgehead atoms. The molecular formula is C18H21N5O2. The number of rotatable bonds is 5. The molecule has 1 fully saturated rings. The maximum absolute atomic E-state index is 5.66. The second kappa shape index (κ2) is 7.16. The average Bonchev–Trinajstić information content (AvgIpc) is 3.30. The number of hydrogen-bond acceptors (Lipinski definition) is 6. The number of aryl methyl sites for hydroxylation is 1. The van der Waals surface area contributed by atoms with Crippen molar-refractivity contribution < 1.29 is 9.26 Å². The molecular weight excluding hydrogens is 318 g/mol. The summed E-state index contributed by atoms with van der Waals surface area (Å²) in [5, 5.41) is 8.33. The minimum Gasteiger partial charge on any atom is -0.378 e. The number of hydrogen-bond donors (Lipinski definition) is 0. The standard InChI is InChI=1S/C18H21N5O2/c1-22-12-15(11-19-22)18-20-17(21-25-18)16-13-24-10-9-23(16)8-7-14-5-3-2-4-6-14/h2-6,11-12,16H,7-10,13H2,1H3. The Morgan fingerprint density at radius 3 is 2.92 bits per heavy atom. The average molecular weight is 339 g/mol. The molecule has 0 saturated carbocycles. The van der Waals surface area contributed by atoms with Gasteiger partial charge in [-0.2, -0.15) is 10.1 Å². The van der Waals surface area contributed by atoms with Crippen molar-refractivity contribution in [3.8, 4) is 11.5 Å². The van der Waals surface area contributed by atoms with Crippen LogP contribution in [0.25, 0.3) is 11.5 Å². The van der Waals surface area contributed by atoms with E-state index in [1.54, 1.807) is 10.9 Å². The van der Waals surface area contributed by atoms with Gasteiger partial charge in [-0.25, -0.2) is 0 Å². The summed E-state index contributed by atoms with van der Waals surface area (Å²) in [5.74, 6) is 1.17. The maximum atomic E-state index is 5.66. The number of ether oxygens (including phenoxy) is 1. The van der Waals surface area contributed by atoms with E-state index in [1.165, 1.54) is 5.56 Å². The van der Waals surface area contributed by atoms with Crippen LogP contribution in [0.1, 0.15) is 17.4 Å². The van der Waals surface area contributed by atoms with E-state index in [9.17, 15) is 0 Å². The molecule has 2 aromatic heterocycles. The highest BCUT2D eigenvalue weighted by Gasteiger charge is 2.29. The molecule has 0 spiro atoms. The molecule has 1 unspecified atom stereocenters. The third-order valence-corrected chi connectivity index (χ3v) is 4.46. The van der Waals surface area contributed by atoms with Gasteiger partial charge in [-0.05, 0) is 12.0 Å². The smallest absolute Gasteiger partial charge is 0.261 e. The van der Waals surface area contributed by atoms with Crippen molar-refractivity contribution in [1.82, 2.24) is 24.8 Å². The summed E-state index contributed by atoms with van der Waals surface area (Å²) in [7, 11) is 1.86. The van der Waals surface area contributed by atoms with Crippen molar-refractivity contribution in [3.05, 3.63) is 54.1 Å². The van der Waals surface area contributed by atoms with Crippen LogP contribution in [0.3, 0.4) is 0 Å². The first-order chi connectivity index (χ1) is 12.3. The molecule has 1 aliphatic rings. The molecule has 1 aromatic carbocycles. The van der Waals surface area contributed by atoms with Crippen LogP contribution in [-0.4, -0.2) is 51.1 Å². The lowest BCUT2D eigenvalue weighted by molar-refractivity contribution is -0.0118. The highest BCUT2D eigenvalue weighted by molar-refractivity contribution is 5.49. The van der Waals surface area contributed by atoms with Crippen LogP contribution in [0.15, 0.2) is 47.2 Å². The van der Waals surface area contributed by atoms with Gasteiger partial charge in [0.2, 0.25) is 0 Å². The minimum absolute atomic E-state index is 0.0200. The second-order valence-electron chi connectivity index (χ2n) is 6.22. The molecule has 3 aromatic rings. The van der Waals surface area contributed by atoms with Gasteiger partial charge < -0.3 is 9.26 Å². The van der Waals surface area contributed by atoms with Crippen molar-refractivity contribution in [3.63, 3.8) is 0 Å². The van der Waals surface area contributed by atoms with Crippen molar-refractivity contribution in [1.29, 1.82) is 0 Å². The first-order valence-electron chi connectivity index (χ1n) is 8.48. The highest BCUT2D eigenvalue weighted by Crippen LogP contribution is 2.25. The third kappa shape index (κ3) is 3.62. The lowest BCUT2D eigenvalue weighted by atomic mass is 10.1. The Bertz CT molecular complexity index is 814. The Balaban J connectivity index is 1.48. The molecule has 0 aliphatic carbocycles. The van der Waals surface area contributed by atoms with Crippen molar-refractivity contribution in [2.45, 2.75) is 12.5 Å². The van der Waals surface area contributed by atoms with E-state index < -0.39 is 0 Å². The molecule has 3 heterocycles. The molecule has 0 N–H and O–H groups in total. The van der Waals surface area contributed by atoms with Crippen LogP contribution in [0.5, 0.6) is 0 Å². The van der Waals surface area contributed by atoms with Crippen LogP contribution in [0.4, 0.5) is 0 Å². The number of morpholine rings is 1. The minimum atomic E-state index is 0.0200. The summed E-state index contributed by atoms with van der Waals surface area (Å²) in [4.78, 5) is 6.94. The first kappa shape index (κ1) is 16.0. The van der Waals surface area contributed by atoms with Crippen LogP contribution >= 0.6 is 0 Å². The Hall–Kier alpha value is -2.51. The number of benzene rings is 1. The predicted molar refractivity (Wildman–Crippen MR) is 91.8 cm³/mol. The molecule has 25 heavy (non-hydrogen) atoms. The van der Waals surface area contributed by atoms with Gasteiger partial charge in [0.05, 0.1) is 31.0 Å². The van der Waals surface area contributed by atoms with Gasteiger partial charge in [0.1, 0.15) is 0 Å². The Labute approximate surface area is 146 Å². The lowest BCUT2D eigenvalue weighted by Gasteiger charge is -2.33. The molecule has 1 saturated heterocycles. The van der Waals surface area contributed by atoms with Gasteiger partial charge in [-0.1, -0.05) is 35.5 Å². The van der Waals surface area contributed by atoms with E-state index in [0.717, 1.165) is 31.7 Å². The zero-order valence-corrected chi connectivity index (χ0v) is 14.2. The van der Waals surface area contributed by atoms with E-state index in [2.05, 4.69) is 44.4 Å². The van der Waals surface area contributed by atoms with E-state index in [1.807, 2.05) is 19.3 Å². The van der Waals surface area contributed by atoms with Crippen LogP contribution < -0.4 is 0 Å². The van der Waals surface area contributed by atoms with Crippen molar-refractivity contribution >= 4 is 0 Å². The molecule has 7 nitrogen and oxygen atoms in total. The maximum Gasteiger partial charge on any atom is 0.261 e. The summed E-state index contributed by atoms with van der Waals surface area (Å²) in [6, 6.07) is 10.5. The molecule has 0 amide bonds. The van der Waals surface area contributed by atoms with Crippen molar-refractivity contribution in [2.75, 3.05) is 26.3 Å². The van der Waals surface area contributed by atoms with Gasteiger partial charge in [-0.15, -0.1) is 0 Å². The number of aromatic nitrogens is 4. The Morgan fingerprint density at radius 1 is 1.24 bits per heavy atom. The Morgan fingerprint density at radius 2 is 2.12 bits per heavy atom. The second-order valence-corrected chi connectivity index (χ2v) is 6.22. The topological polar surface area (TPSA) is 69.2 Å². The summed E-state index contributed by atoms with van der Waals surface area (Å²) in [6.07, 6.45) is 4.58. The summed E-state index contributed by atoms with van der Waals surface area (Å²) in [5.41, 5.74) is 2.16. The molecule has 1 atom stereocenters. The van der Waals surface area contributed by atoms with Gasteiger partial charge in [0.15, 0.2) is 5.82 Å². The fraction of sp³-hybridized carbons (Fsp3) is 0.389. The van der Waals surface area contributed by atoms with Gasteiger partial charge in [-0.3, -0.25) is 9.58 Å². The van der Waals surface area contributed by atoms with Gasteiger partial charge in [0.25, 0.3) is 5.89 Å². The van der Waals surface area contributed by atoms with Crippen molar-refractivity contribution in [2.24, 2.45) is 7.05 Å². The zero-order chi connectivity index (χ0) is 17.1. The lowest BCUT2D eigenvalue weighted by Crippen LogP contribution is -2.41. The van der Waals surface area contributed by atoms with Crippen LogP contribution in [-0.2, 0) is 18.2 Å². The van der Waals surface area contributed by atoms with E-state index >= 15 is 0 Å². The zero-order valence-electron chi connectivity index (χ0n) is 14.2. The molecule has 7 heteroatoms. The summed E-state index contributed by atoms with van der Waals surface area (Å²) < 4.78 is 12.8. The monoisotopic (exact) mass is 339 g/mol. The van der Waals surface area contributed by atoms with E-state index in [4.69, 9.17) is 9.26 Å². The number of nitrogens with zero attached hydrogens (tertiary/aromatic N) is 5. The fourth-order valence-electron chi connectivity index (χ4n) is 3.08. The largest absolute Gasteiger partial charge is 0.378 e. The SMILES string of the molecule is Cn1cc(-c2nc(C3COCCN3CCc3ccccc3)no2)cn1. The van der Waals surface area contributed by atoms with Gasteiger partial charge >= 0.3 is 0 Å². The predicted octanol–water partition coefficient (Wildman–Crippen LogP) is 2.09. The van der Waals surface area contributed by atoms with E-state index in [0.29, 0.717) is 18.3 Å². The molecule has 4 rings (SSSR count). The highest BCUT2D eigenvalue weighted by atomic mass is 16.5. The normalized spacial score (nSPS) is 18.5. The quantitative estimate of drug-likeness (QED) is 0.709. The Kier molecular flexibility index (Phi) is 4.58. The fourth-order valence-corrected chi connectivity index (χ4v) is 3.08. The van der Waals surface area contributed by atoms with E-state index in [-0.39, 0.29) is 6.04 Å².